The molecule has 100 valence electrons. The molecule has 2 rings (SSSR count). The molecule has 18 heavy (non-hydrogen) atoms. The van der Waals surface area contributed by atoms with Gasteiger partial charge in [-0.15, -0.1) is 0 Å². The molecule has 0 saturated carbocycles. The van der Waals surface area contributed by atoms with Gasteiger partial charge in [0.25, 0.3) is 0 Å². The second-order valence-corrected chi connectivity index (χ2v) is 4.83. The van der Waals surface area contributed by atoms with E-state index >= 15 is 0 Å². The Morgan fingerprint density at radius 2 is 2.39 bits per heavy atom. The van der Waals surface area contributed by atoms with Crippen molar-refractivity contribution in [1.82, 2.24) is 14.9 Å². The maximum absolute atomic E-state index is 5.12. The number of methoxy groups -OCH3 is 1. The molecule has 1 atom stereocenters. The topological polar surface area (TPSA) is 41.5 Å². The van der Waals surface area contributed by atoms with Gasteiger partial charge in [-0.3, -0.25) is 0 Å². The minimum atomic E-state index is 0.619. The van der Waals surface area contributed by atoms with E-state index in [4.69, 9.17) is 4.74 Å². The average molecular weight is 250 g/mol. The van der Waals surface area contributed by atoms with Crippen molar-refractivity contribution in [2.24, 2.45) is 5.92 Å². The molecule has 0 amide bonds. The van der Waals surface area contributed by atoms with E-state index in [1.54, 1.807) is 19.4 Å². The number of hydrogen-bond acceptors (Lipinski definition) is 5. The van der Waals surface area contributed by atoms with Gasteiger partial charge in [0.15, 0.2) is 0 Å². The molecule has 1 saturated heterocycles. The fraction of sp³-hybridized carbons (Fsp3) is 0.692. The summed E-state index contributed by atoms with van der Waals surface area (Å²) < 4.78 is 5.12. The highest BCUT2D eigenvalue weighted by molar-refractivity contribution is 5.30. The Morgan fingerprint density at radius 3 is 3.06 bits per heavy atom. The van der Waals surface area contributed by atoms with Crippen LogP contribution in [0.2, 0.25) is 0 Å². The number of anilines is 1. The van der Waals surface area contributed by atoms with Gasteiger partial charge in [0, 0.05) is 32.4 Å². The number of rotatable bonds is 5. The molecule has 0 spiro atoms. The van der Waals surface area contributed by atoms with Crippen LogP contribution in [0.15, 0.2) is 12.3 Å². The third-order valence-corrected chi connectivity index (χ3v) is 3.52. The van der Waals surface area contributed by atoms with E-state index < -0.39 is 0 Å². The van der Waals surface area contributed by atoms with Crippen LogP contribution in [0.4, 0.5) is 5.95 Å². The predicted molar refractivity (Wildman–Crippen MR) is 72.1 cm³/mol. The van der Waals surface area contributed by atoms with Crippen LogP contribution in [-0.4, -0.2) is 55.2 Å². The summed E-state index contributed by atoms with van der Waals surface area (Å²) in [5.74, 6) is 2.07. The molecule has 0 bridgehead atoms. The van der Waals surface area contributed by atoms with Crippen molar-refractivity contribution in [3.05, 3.63) is 12.3 Å². The van der Waals surface area contributed by atoms with Crippen LogP contribution in [-0.2, 0) is 0 Å². The van der Waals surface area contributed by atoms with E-state index in [9.17, 15) is 0 Å². The number of hydrogen-bond donors (Lipinski definition) is 0. The number of likely N-dealkylation sites (tertiary alicyclic amines) is 1. The fourth-order valence-electron chi connectivity index (χ4n) is 2.45. The van der Waals surface area contributed by atoms with E-state index in [0.29, 0.717) is 11.8 Å². The first-order valence-corrected chi connectivity index (χ1v) is 6.53. The minimum Gasteiger partial charge on any atom is -0.481 e. The highest BCUT2D eigenvalue weighted by atomic mass is 16.5. The summed E-state index contributed by atoms with van der Waals surface area (Å²) in [5.41, 5.74) is 0. The van der Waals surface area contributed by atoms with E-state index in [0.717, 1.165) is 19.0 Å². The SMILES string of the molecule is CCN1CCC(CN(C)c2nccc(OC)n2)C1. The standard InChI is InChI=1S/C13H22N4O/c1-4-17-8-6-11(10-17)9-16(2)13-14-7-5-12(15-13)18-3/h5,7,11H,4,6,8-10H2,1-3H3. The number of aromatic nitrogens is 2. The zero-order valence-electron chi connectivity index (χ0n) is 11.5. The molecule has 2 heterocycles. The fourth-order valence-corrected chi connectivity index (χ4v) is 2.45. The van der Waals surface area contributed by atoms with Crippen molar-refractivity contribution >= 4 is 5.95 Å². The summed E-state index contributed by atoms with van der Waals surface area (Å²) in [6.45, 7) is 6.77. The zero-order chi connectivity index (χ0) is 13.0. The first-order chi connectivity index (χ1) is 8.72. The lowest BCUT2D eigenvalue weighted by Gasteiger charge is -2.21. The summed E-state index contributed by atoms with van der Waals surface area (Å²) in [6.07, 6.45) is 3.01. The molecule has 0 N–H and O–H groups in total. The molecule has 5 heteroatoms. The summed E-state index contributed by atoms with van der Waals surface area (Å²) in [7, 11) is 3.67. The Kier molecular flexibility index (Phi) is 4.36. The van der Waals surface area contributed by atoms with Crippen LogP contribution in [0, 0.1) is 5.92 Å². The zero-order valence-corrected chi connectivity index (χ0v) is 11.5. The molecule has 0 radical (unpaired) electrons. The quantitative estimate of drug-likeness (QED) is 0.787. The van der Waals surface area contributed by atoms with Crippen LogP contribution in [0.5, 0.6) is 5.88 Å². The van der Waals surface area contributed by atoms with Crippen molar-refractivity contribution in [3.8, 4) is 5.88 Å². The maximum Gasteiger partial charge on any atom is 0.228 e. The molecule has 1 fully saturated rings. The van der Waals surface area contributed by atoms with E-state index in [1.807, 2.05) is 7.05 Å². The maximum atomic E-state index is 5.12. The van der Waals surface area contributed by atoms with Crippen molar-refractivity contribution in [1.29, 1.82) is 0 Å². The normalized spacial score (nSPS) is 20.1. The van der Waals surface area contributed by atoms with Crippen LogP contribution >= 0.6 is 0 Å². The van der Waals surface area contributed by atoms with Crippen molar-refractivity contribution in [2.45, 2.75) is 13.3 Å². The van der Waals surface area contributed by atoms with Gasteiger partial charge in [0.05, 0.1) is 7.11 Å². The van der Waals surface area contributed by atoms with Gasteiger partial charge in [-0.1, -0.05) is 6.92 Å². The highest BCUT2D eigenvalue weighted by Crippen LogP contribution is 2.19. The van der Waals surface area contributed by atoms with E-state index in [-0.39, 0.29) is 0 Å². The van der Waals surface area contributed by atoms with Crippen LogP contribution in [0.1, 0.15) is 13.3 Å². The second-order valence-electron chi connectivity index (χ2n) is 4.83. The highest BCUT2D eigenvalue weighted by Gasteiger charge is 2.23. The Hall–Kier alpha value is -1.36. The number of ether oxygens (including phenoxy) is 1. The van der Waals surface area contributed by atoms with Gasteiger partial charge in [0.2, 0.25) is 11.8 Å². The summed E-state index contributed by atoms with van der Waals surface area (Å²) in [5, 5.41) is 0. The van der Waals surface area contributed by atoms with Gasteiger partial charge >= 0.3 is 0 Å². The summed E-state index contributed by atoms with van der Waals surface area (Å²) in [4.78, 5) is 13.2. The Morgan fingerprint density at radius 1 is 1.56 bits per heavy atom. The average Bonchev–Trinajstić information content (AvgIpc) is 2.86. The Bertz CT molecular complexity index is 385. The Balaban J connectivity index is 1.93. The van der Waals surface area contributed by atoms with Crippen molar-refractivity contribution in [3.63, 3.8) is 0 Å². The lowest BCUT2D eigenvalue weighted by molar-refractivity contribution is 0.342. The van der Waals surface area contributed by atoms with E-state index in [1.165, 1.54) is 19.5 Å². The van der Waals surface area contributed by atoms with Gasteiger partial charge in [-0.2, -0.15) is 4.98 Å². The Labute approximate surface area is 109 Å². The first-order valence-electron chi connectivity index (χ1n) is 6.53. The van der Waals surface area contributed by atoms with Crippen molar-refractivity contribution < 1.29 is 4.74 Å². The summed E-state index contributed by atoms with van der Waals surface area (Å²) in [6, 6.07) is 1.77. The molecule has 1 aliphatic rings. The molecule has 0 aromatic carbocycles. The molecule has 1 unspecified atom stereocenters. The van der Waals surface area contributed by atoms with Crippen LogP contribution in [0.25, 0.3) is 0 Å². The van der Waals surface area contributed by atoms with Gasteiger partial charge in [0.1, 0.15) is 0 Å². The third kappa shape index (κ3) is 3.10. The van der Waals surface area contributed by atoms with E-state index in [2.05, 4.69) is 26.7 Å². The molecular weight excluding hydrogens is 228 g/mol. The smallest absolute Gasteiger partial charge is 0.228 e. The van der Waals surface area contributed by atoms with Crippen LogP contribution < -0.4 is 9.64 Å². The molecule has 1 aromatic heterocycles. The monoisotopic (exact) mass is 250 g/mol. The number of nitrogens with zero attached hydrogens (tertiary/aromatic N) is 4. The van der Waals surface area contributed by atoms with Crippen LogP contribution in [0.3, 0.4) is 0 Å². The van der Waals surface area contributed by atoms with Gasteiger partial charge in [-0.25, -0.2) is 4.98 Å². The lowest BCUT2D eigenvalue weighted by atomic mass is 10.1. The van der Waals surface area contributed by atoms with Gasteiger partial charge < -0.3 is 14.5 Å². The minimum absolute atomic E-state index is 0.619. The first kappa shape index (κ1) is 13.1. The third-order valence-electron chi connectivity index (χ3n) is 3.52. The molecule has 0 aliphatic carbocycles. The second kappa shape index (κ2) is 6.00. The molecule has 1 aromatic rings. The molecule has 1 aliphatic heterocycles. The van der Waals surface area contributed by atoms with Crippen molar-refractivity contribution in [2.75, 3.05) is 45.2 Å². The summed E-state index contributed by atoms with van der Waals surface area (Å²) >= 11 is 0. The van der Waals surface area contributed by atoms with Gasteiger partial charge in [-0.05, 0) is 25.4 Å². The lowest BCUT2D eigenvalue weighted by Crippen LogP contribution is -2.29. The molecule has 5 nitrogen and oxygen atoms in total. The largest absolute Gasteiger partial charge is 0.481 e. The predicted octanol–water partition coefficient (Wildman–Crippen LogP) is 1.26. The molecular formula is C13H22N4O.